The van der Waals surface area contributed by atoms with Gasteiger partial charge in [0.2, 0.25) is 0 Å². The van der Waals surface area contributed by atoms with Crippen molar-refractivity contribution in [3.8, 4) is 0 Å². The minimum atomic E-state index is -0.794. The molecule has 0 aliphatic carbocycles. The van der Waals surface area contributed by atoms with E-state index < -0.39 is 6.10 Å². The fourth-order valence-electron chi connectivity index (χ4n) is 9.99. The molecule has 0 bridgehead atoms. The van der Waals surface area contributed by atoms with Crippen LogP contribution in [0.4, 0.5) is 0 Å². The van der Waals surface area contributed by atoms with Crippen LogP contribution in [0.25, 0.3) is 0 Å². The molecule has 0 radical (unpaired) electrons. The summed E-state index contributed by atoms with van der Waals surface area (Å²) in [7, 11) is 0. The van der Waals surface area contributed by atoms with Crippen molar-refractivity contribution >= 4 is 17.9 Å². The summed E-state index contributed by atoms with van der Waals surface area (Å²) in [5.41, 5.74) is 0. The number of rotatable bonds is 64. The van der Waals surface area contributed by atoms with Crippen molar-refractivity contribution in [1.82, 2.24) is 0 Å². The summed E-state index contributed by atoms with van der Waals surface area (Å²) in [6.07, 6.45) is 96.8. The fraction of sp³-hybridized carbons (Fsp3) is 0.727. The van der Waals surface area contributed by atoms with Crippen molar-refractivity contribution in [3.05, 3.63) is 109 Å². The van der Waals surface area contributed by atoms with Crippen LogP contribution in [0.3, 0.4) is 0 Å². The number of carbonyl (C=O) groups excluding carboxylic acids is 3. The molecule has 0 aliphatic rings. The van der Waals surface area contributed by atoms with Crippen molar-refractivity contribution < 1.29 is 28.6 Å². The Morgan fingerprint density at radius 3 is 0.759 bits per heavy atom. The smallest absolute Gasteiger partial charge is 0.306 e. The minimum Gasteiger partial charge on any atom is -0.462 e. The highest BCUT2D eigenvalue weighted by Gasteiger charge is 2.19. The molecule has 1 atom stereocenters. The number of carbonyl (C=O) groups is 3. The summed E-state index contributed by atoms with van der Waals surface area (Å²) >= 11 is 0. The first-order valence-corrected chi connectivity index (χ1v) is 35.4. The van der Waals surface area contributed by atoms with Crippen molar-refractivity contribution in [3.63, 3.8) is 0 Å². The Bertz CT molecular complexity index is 1660. The molecule has 0 N–H and O–H groups in total. The van der Waals surface area contributed by atoms with Gasteiger partial charge in [0, 0.05) is 19.3 Å². The minimum absolute atomic E-state index is 0.0899. The van der Waals surface area contributed by atoms with Crippen molar-refractivity contribution in [2.24, 2.45) is 0 Å². The molecular weight excluding hydrogens is 1020 g/mol. The van der Waals surface area contributed by atoms with Gasteiger partial charge in [-0.1, -0.05) is 323 Å². The molecule has 476 valence electrons. The maximum atomic E-state index is 13.0. The molecule has 6 nitrogen and oxygen atoms in total. The lowest BCUT2D eigenvalue weighted by molar-refractivity contribution is -0.167. The second-order valence-corrected chi connectivity index (χ2v) is 23.4. The predicted molar refractivity (Wildman–Crippen MR) is 362 cm³/mol. The number of hydrogen-bond donors (Lipinski definition) is 0. The molecule has 0 amide bonds. The summed E-state index contributed by atoms with van der Waals surface area (Å²) in [6, 6.07) is 0. The summed E-state index contributed by atoms with van der Waals surface area (Å²) in [5, 5.41) is 0. The van der Waals surface area contributed by atoms with Crippen LogP contribution in [0.15, 0.2) is 109 Å². The molecular formula is C77H132O6. The lowest BCUT2D eigenvalue weighted by Gasteiger charge is -2.18. The number of hydrogen-bond acceptors (Lipinski definition) is 6. The largest absolute Gasteiger partial charge is 0.462 e. The molecule has 0 aliphatic heterocycles. The lowest BCUT2D eigenvalue weighted by Crippen LogP contribution is -2.30. The normalized spacial score (nSPS) is 12.8. The van der Waals surface area contributed by atoms with E-state index in [-0.39, 0.29) is 31.1 Å². The van der Waals surface area contributed by atoms with Gasteiger partial charge >= 0.3 is 17.9 Å². The third-order valence-corrected chi connectivity index (χ3v) is 15.3. The zero-order valence-corrected chi connectivity index (χ0v) is 54.7. The Morgan fingerprint density at radius 2 is 0.470 bits per heavy atom. The van der Waals surface area contributed by atoms with Crippen LogP contribution in [0.1, 0.15) is 342 Å². The predicted octanol–water partition coefficient (Wildman–Crippen LogP) is 24.6. The first kappa shape index (κ1) is 79.1. The standard InChI is InChI=1S/C77H132O6/c1-4-7-10-13-16-19-22-25-28-30-32-34-36-37-38-39-41-42-44-46-49-52-55-58-61-64-67-70-76(79)82-73-74(72-81-75(78)69-66-63-60-57-54-51-48-27-24-21-18-15-12-9-6-3)83-77(80)71-68-65-62-59-56-53-50-47-45-43-40-35-33-31-29-26-23-20-17-14-11-8-5-2/h7,10,16,18-19,21,25,27-28,32,34,37-38,41-42,46,48-49,74H,4-6,8-9,11-15,17,20,22-24,26,29-31,33,35-36,39-40,43-45,47,50-73H2,1-3H3/b10-7-,19-16-,21-18-,28-25-,34-32-,38-37-,42-41-,48-27-,49-46-. The summed E-state index contributed by atoms with van der Waals surface area (Å²) in [5.74, 6) is -0.907. The lowest BCUT2D eigenvalue weighted by atomic mass is 10.0. The first-order chi connectivity index (χ1) is 41.0. The summed E-state index contributed by atoms with van der Waals surface area (Å²) in [4.78, 5) is 38.5. The van der Waals surface area contributed by atoms with Gasteiger partial charge in [-0.05, 0) is 109 Å². The van der Waals surface area contributed by atoms with Gasteiger partial charge in [-0.15, -0.1) is 0 Å². The highest BCUT2D eigenvalue weighted by atomic mass is 16.6. The average Bonchev–Trinajstić information content (AvgIpc) is 3.49. The van der Waals surface area contributed by atoms with Crippen LogP contribution < -0.4 is 0 Å². The van der Waals surface area contributed by atoms with Crippen LogP contribution in [0, 0.1) is 0 Å². The van der Waals surface area contributed by atoms with Gasteiger partial charge in [0.05, 0.1) is 0 Å². The molecule has 1 unspecified atom stereocenters. The quantitative estimate of drug-likeness (QED) is 0.0261. The van der Waals surface area contributed by atoms with Crippen molar-refractivity contribution in [2.75, 3.05) is 13.2 Å². The van der Waals surface area contributed by atoms with Gasteiger partial charge in [-0.3, -0.25) is 14.4 Å². The molecule has 0 saturated carbocycles. The van der Waals surface area contributed by atoms with Crippen LogP contribution in [-0.4, -0.2) is 37.2 Å². The van der Waals surface area contributed by atoms with E-state index in [1.165, 1.54) is 154 Å². The highest BCUT2D eigenvalue weighted by Crippen LogP contribution is 2.17. The molecule has 0 spiro atoms. The fourth-order valence-corrected chi connectivity index (χ4v) is 9.99. The van der Waals surface area contributed by atoms with E-state index in [9.17, 15) is 14.4 Å². The van der Waals surface area contributed by atoms with Crippen LogP contribution in [0.2, 0.25) is 0 Å². The number of unbranched alkanes of at least 4 members (excludes halogenated alkanes) is 35. The van der Waals surface area contributed by atoms with E-state index in [1.807, 2.05) is 0 Å². The Kier molecular flexibility index (Phi) is 67.2. The van der Waals surface area contributed by atoms with E-state index >= 15 is 0 Å². The van der Waals surface area contributed by atoms with Gasteiger partial charge in [0.25, 0.3) is 0 Å². The van der Waals surface area contributed by atoms with E-state index in [0.717, 1.165) is 148 Å². The third kappa shape index (κ3) is 68.7. The molecule has 0 aromatic carbocycles. The Balaban J connectivity index is 4.38. The van der Waals surface area contributed by atoms with Crippen LogP contribution in [0.5, 0.6) is 0 Å². The number of esters is 3. The maximum Gasteiger partial charge on any atom is 0.306 e. The topological polar surface area (TPSA) is 78.9 Å². The van der Waals surface area contributed by atoms with Crippen LogP contribution in [-0.2, 0) is 28.6 Å². The molecule has 83 heavy (non-hydrogen) atoms. The second-order valence-electron chi connectivity index (χ2n) is 23.4. The van der Waals surface area contributed by atoms with Gasteiger partial charge in [0.15, 0.2) is 6.10 Å². The molecule has 6 heteroatoms. The van der Waals surface area contributed by atoms with Gasteiger partial charge < -0.3 is 14.2 Å². The second kappa shape index (κ2) is 70.6. The van der Waals surface area contributed by atoms with E-state index in [2.05, 4.69) is 130 Å². The Labute approximate surface area is 514 Å². The van der Waals surface area contributed by atoms with E-state index in [4.69, 9.17) is 14.2 Å². The number of ether oxygens (including phenoxy) is 3. The van der Waals surface area contributed by atoms with Crippen molar-refractivity contribution in [1.29, 1.82) is 0 Å². The molecule has 0 aromatic rings. The zero-order chi connectivity index (χ0) is 59.9. The zero-order valence-electron chi connectivity index (χ0n) is 54.7. The molecule has 0 rings (SSSR count). The molecule has 0 heterocycles. The summed E-state index contributed by atoms with van der Waals surface area (Å²) < 4.78 is 17.0. The van der Waals surface area contributed by atoms with Crippen molar-refractivity contribution in [2.45, 2.75) is 348 Å². The third-order valence-electron chi connectivity index (χ3n) is 15.3. The molecule has 0 aromatic heterocycles. The highest BCUT2D eigenvalue weighted by molar-refractivity contribution is 5.71. The van der Waals surface area contributed by atoms with E-state index in [1.54, 1.807) is 0 Å². The Hall–Kier alpha value is -3.93. The van der Waals surface area contributed by atoms with Gasteiger partial charge in [-0.2, -0.15) is 0 Å². The molecule has 0 saturated heterocycles. The maximum absolute atomic E-state index is 13.0. The van der Waals surface area contributed by atoms with Gasteiger partial charge in [-0.25, -0.2) is 0 Å². The number of allylic oxidation sites excluding steroid dienone is 18. The van der Waals surface area contributed by atoms with Crippen LogP contribution >= 0.6 is 0 Å². The first-order valence-electron chi connectivity index (χ1n) is 35.4. The van der Waals surface area contributed by atoms with Gasteiger partial charge in [0.1, 0.15) is 13.2 Å². The van der Waals surface area contributed by atoms with E-state index in [0.29, 0.717) is 19.3 Å². The molecule has 0 fully saturated rings. The Morgan fingerprint density at radius 1 is 0.253 bits per heavy atom. The monoisotopic (exact) mass is 1150 g/mol. The SMILES string of the molecule is CC/C=C\C/C=C\C/C=C\C/C=C\C/C=C\C/C=C\C/C=C\CCCCCCCC(=O)OCC(COC(=O)CCCCCCC/C=C\C/C=C\CCCCC)OC(=O)CCCCCCCCCCCCCCCCCCCCCCCCC. The average molecular weight is 1150 g/mol. The summed E-state index contributed by atoms with van der Waals surface area (Å²) in [6.45, 7) is 6.51.